The monoisotopic (exact) mass is 374 g/mol. The molecule has 2 N–H and O–H groups in total. The molecular weight excluding hydrogens is 356 g/mol. The molecular formula is C16H18N6OS2. The van der Waals surface area contributed by atoms with Crippen LogP contribution in [0.5, 0.6) is 0 Å². The van der Waals surface area contributed by atoms with Crippen molar-refractivity contribution in [2.24, 2.45) is 0 Å². The van der Waals surface area contributed by atoms with Crippen LogP contribution < -0.4 is 10.6 Å². The van der Waals surface area contributed by atoms with Crippen LogP contribution in [0.15, 0.2) is 24.3 Å². The molecule has 9 heteroatoms. The number of hydrogen-bond acceptors (Lipinski definition) is 6. The summed E-state index contributed by atoms with van der Waals surface area (Å²) >= 11 is 6.62. The van der Waals surface area contributed by atoms with E-state index in [-0.39, 0.29) is 5.91 Å². The van der Waals surface area contributed by atoms with Crippen LogP contribution >= 0.6 is 23.6 Å². The molecule has 0 aliphatic rings. The molecule has 0 aliphatic carbocycles. The standard InChI is InChI=1S/C16H18N6OS2/c1-3-4-13(23)18-15(24)17-9-11-5-7-12(8-6-11)14-21-22-10(2)19-20-16(22)25-14/h5-8H,3-4,9H2,1-2H3,(H2,17,18,23,24). The zero-order valence-electron chi connectivity index (χ0n) is 13.9. The zero-order valence-corrected chi connectivity index (χ0v) is 15.6. The Bertz CT molecular complexity index is 899. The molecule has 0 unspecified atom stereocenters. The summed E-state index contributed by atoms with van der Waals surface area (Å²) in [6.07, 6.45) is 1.27. The summed E-state index contributed by atoms with van der Waals surface area (Å²) < 4.78 is 1.74. The van der Waals surface area contributed by atoms with Crippen molar-refractivity contribution in [1.29, 1.82) is 0 Å². The molecule has 0 bridgehead atoms. The quantitative estimate of drug-likeness (QED) is 0.668. The van der Waals surface area contributed by atoms with E-state index < -0.39 is 0 Å². The number of benzene rings is 1. The second kappa shape index (κ2) is 7.66. The lowest BCUT2D eigenvalue weighted by molar-refractivity contribution is -0.119. The maximum absolute atomic E-state index is 11.5. The van der Waals surface area contributed by atoms with Crippen molar-refractivity contribution in [3.8, 4) is 10.6 Å². The minimum atomic E-state index is -0.0612. The number of aromatic nitrogens is 4. The Kier molecular flexibility index (Phi) is 5.34. The average molecular weight is 374 g/mol. The molecule has 2 heterocycles. The summed E-state index contributed by atoms with van der Waals surface area (Å²) in [5.41, 5.74) is 2.09. The molecule has 2 aromatic heterocycles. The number of thiocarbonyl (C=S) groups is 1. The fourth-order valence-electron chi connectivity index (χ4n) is 2.24. The highest BCUT2D eigenvalue weighted by Gasteiger charge is 2.10. The van der Waals surface area contributed by atoms with E-state index in [4.69, 9.17) is 12.2 Å². The van der Waals surface area contributed by atoms with E-state index in [0.29, 0.717) is 18.1 Å². The van der Waals surface area contributed by atoms with Gasteiger partial charge < -0.3 is 10.6 Å². The van der Waals surface area contributed by atoms with Crippen LogP contribution in [0.25, 0.3) is 15.5 Å². The molecule has 130 valence electrons. The fourth-order valence-corrected chi connectivity index (χ4v) is 3.32. The molecule has 0 aliphatic heterocycles. The number of nitrogens with one attached hydrogen (secondary N) is 2. The van der Waals surface area contributed by atoms with Gasteiger partial charge in [-0.15, -0.1) is 10.2 Å². The number of nitrogens with zero attached hydrogens (tertiary/aromatic N) is 4. The summed E-state index contributed by atoms with van der Waals surface area (Å²) in [6.45, 7) is 4.38. The molecule has 25 heavy (non-hydrogen) atoms. The van der Waals surface area contributed by atoms with E-state index in [9.17, 15) is 4.79 Å². The third kappa shape index (κ3) is 4.18. The smallest absolute Gasteiger partial charge is 0.234 e. The summed E-state index contributed by atoms with van der Waals surface area (Å²) in [4.78, 5) is 12.3. The van der Waals surface area contributed by atoms with Crippen LogP contribution in [0.1, 0.15) is 31.2 Å². The Labute approximate surface area is 154 Å². The van der Waals surface area contributed by atoms with Gasteiger partial charge in [-0.3, -0.25) is 4.79 Å². The maximum Gasteiger partial charge on any atom is 0.234 e. The minimum Gasteiger partial charge on any atom is -0.358 e. The Morgan fingerprint density at radius 3 is 2.72 bits per heavy atom. The summed E-state index contributed by atoms with van der Waals surface area (Å²) in [5.74, 6) is 0.714. The van der Waals surface area contributed by atoms with E-state index in [2.05, 4.69) is 25.9 Å². The second-order valence-electron chi connectivity index (χ2n) is 5.53. The van der Waals surface area contributed by atoms with Crippen molar-refractivity contribution in [2.45, 2.75) is 33.2 Å². The van der Waals surface area contributed by atoms with Gasteiger partial charge in [-0.25, -0.2) is 0 Å². The van der Waals surface area contributed by atoms with E-state index in [1.54, 1.807) is 4.52 Å². The van der Waals surface area contributed by atoms with Gasteiger partial charge in [0.2, 0.25) is 10.9 Å². The first-order valence-corrected chi connectivity index (χ1v) is 9.15. The van der Waals surface area contributed by atoms with Crippen LogP contribution in [0.2, 0.25) is 0 Å². The Morgan fingerprint density at radius 1 is 1.28 bits per heavy atom. The lowest BCUT2D eigenvalue weighted by atomic mass is 10.1. The lowest BCUT2D eigenvalue weighted by Crippen LogP contribution is -2.38. The third-order valence-corrected chi connectivity index (χ3v) is 4.72. The number of hydrogen-bond donors (Lipinski definition) is 2. The van der Waals surface area contributed by atoms with Crippen LogP contribution in [-0.2, 0) is 11.3 Å². The Balaban J connectivity index is 1.60. The van der Waals surface area contributed by atoms with E-state index >= 15 is 0 Å². The zero-order chi connectivity index (χ0) is 17.8. The topological polar surface area (TPSA) is 84.2 Å². The summed E-state index contributed by atoms with van der Waals surface area (Å²) in [7, 11) is 0. The molecule has 7 nitrogen and oxygen atoms in total. The third-order valence-electron chi connectivity index (χ3n) is 3.53. The van der Waals surface area contributed by atoms with Crippen LogP contribution in [0.4, 0.5) is 0 Å². The van der Waals surface area contributed by atoms with Gasteiger partial charge in [0.15, 0.2) is 10.9 Å². The van der Waals surface area contributed by atoms with Gasteiger partial charge in [0, 0.05) is 18.5 Å². The molecule has 0 radical (unpaired) electrons. The first-order chi connectivity index (χ1) is 12.1. The molecule has 1 aromatic carbocycles. The van der Waals surface area contributed by atoms with Gasteiger partial charge in [-0.1, -0.05) is 42.5 Å². The molecule has 0 atom stereocenters. The normalized spacial score (nSPS) is 10.8. The minimum absolute atomic E-state index is 0.0612. The number of carbonyl (C=O) groups is 1. The highest BCUT2D eigenvalue weighted by atomic mass is 32.1. The van der Waals surface area contributed by atoms with Gasteiger partial charge in [-0.05, 0) is 31.1 Å². The molecule has 1 amide bonds. The van der Waals surface area contributed by atoms with E-state index in [1.165, 1.54) is 11.3 Å². The van der Waals surface area contributed by atoms with Crippen LogP contribution in [0.3, 0.4) is 0 Å². The first kappa shape index (κ1) is 17.4. The molecule has 0 saturated carbocycles. The number of aryl methyl sites for hydroxylation is 1. The molecule has 0 spiro atoms. The Morgan fingerprint density at radius 2 is 2.04 bits per heavy atom. The average Bonchev–Trinajstić information content (AvgIpc) is 3.16. The van der Waals surface area contributed by atoms with Crippen molar-refractivity contribution in [2.75, 3.05) is 0 Å². The number of amides is 1. The Hall–Kier alpha value is -2.39. The predicted molar refractivity (Wildman–Crippen MR) is 101 cm³/mol. The molecule has 3 aromatic rings. The van der Waals surface area contributed by atoms with Crippen molar-refractivity contribution >= 4 is 39.5 Å². The predicted octanol–water partition coefficient (Wildman–Crippen LogP) is 2.45. The SMILES string of the molecule is CCCC(=O)NC(=S)NCc1ccc(-c2nn3c(C)nnc3s2)cc1. The number of rotatable bonds is 5. The van der Waals surface area contributed by atoms with Crippen molar-refractivity contribution < 1.29 is 4.79 Å². The van der Waals surface area contributed by atoms with Crippen LogP contribution in [0, 0.1) is 6.92 Å². The lowest BCUT2D eigenvalue weighted by Gasteiger charge is -2.09. The summed E-state index contributed by atoms with van der Waals surface area (Å²) in [6, 6.07) is 8.04. The molecule has 3 rings (SSSR count). The van der Waals surface area contributed by atoms with Gasteiger partial charge in [-0.2, -0.15) is 9.61 Å². The summed E-state index contributed by atoms with van der Waals surface area (Å²) in [5, 5.41) is 19.5. The number of fused-ring (bicyclic) bond motifs is 1. The number of carbonyl (C=O) groups excluding carboxylic acids is 1. The van der Waals surface area contributed by atoms with Crippen molar-refractivity contribution in [3.05, 3.63) is 35.7 Å². The van der Waals surface area contributed by atoms with Gasteiger partial charge in [0.25, 0.3) is 0 Å². The fraction of sp³-hybridized carbons (Fsp3) is 0.312. The first-order valence-electron chi connectivity index (χ1n) is 7.92. The van der Waals surface area contributed by atoms with E-state index in [0.717, 1.165) is 33.3 Å². The maximum atomic E-state index is 11.5. The highest BCUT2D eigenvalue weighted by Crippen LogP contribution is 2.25. The van der Waals surface area contributed by atoms with E-state index in [1.807, 2.05) is 38.1 Å². The van der Waals surface area contributed by atoms with Gasteiger partial charge in [0.05, 0.1) is 0 Å². The van der Waals surface area contributed by atoms with Gasteiger partial charge in [0.1, 0.15) is 5.01 Å². The molecule has 0 fully saturated rings. The largest absolute Gasteiger partial charge is 0.358 e. The highest BCUT2D eigenvalue weighted by molar-refractivity contribution is 7.80. The second-order valence-corrected chi connectivity index (χ2v) is 6.89. The molecule has 0 saturated heterocycles. The van der Waals surface area contributed by atoms with Crippen LogP contribution in [-0.4, -0.2) is 30.8 Å². The van der Waals surface area contributed by atoms with Gasteiger partial charge >= 0.3 is 0 Å². The van der Waals surface area contributed by atoms with Crippen molar-refractivity contribution in [1.82, 2.24) is 30.4 Å². The van der Waals surface area contributed by atoms with Crippen molar-refractivity contribution in [3.63, 3.8) is 0 Å².